The summed E-state index contributed by atoms with van der Waals surface area (Å²) in [4.78, 5) is 28.6. The second kappa shape index (κ2) is 7.56. The van der Waals surface area contributed by atoms with Gasteiger partial charge in [-0.2, -0.15) is 0 Å². The molecule has 0 saturated carbocycles. The minimum Gasteiger partial charge on any atom is -0.467 e. The first-order chi connectivity index (χ1) is 14.5. The van der Waals surface area contributed by atoms with Crippen LogP contribution in [0.25, 0.3) is 10.2 Å². The van der Waals surface area contributed by atoms with E-state index in [1.165, 1.54) is 39.2 Å². The van der Waals surface area contributed by atoms with Gasteiger partial charge in [-0.25, -0.2) is 9.18 Å². The van der Waals surface area contributed by atoms with Crippen molar-refractivity contribution in [3.63, 3.8) is 0 Å². The van der Waals surface area contributed by atoms with Crippen molar-refractivity contribution in [2.45, 2.75) is 38.8 Å². The standard InChI is InChI=1S/C22H18ClFN2O3S/c23-17-10-14(24)8-7-13(17)11-26-21-19(16-5-1-2-6-18(16)30-21)20(27)25(22(26)28)12-15-4-3-9-29-15/h3-4,7-10H,1-2,5-6,11-12H2. The molecule has 154 valence electrons. The summed E-state index contributed by atoms with van der Waals surface area (Å²) in [6, 6.07) is 7.59. The van der Waals surface area contributed by atoms with Crippen LogP contribution in [0.4, 0.5) is 4.39 Å². The van der Waals surface area contributed by atoms with Crippen molar-refractivity contribution < 1.29 is 8.81 Å². The molecule has 5 nitrogen and oxygen atoms in total. The van der Waals surface area contributed by atoms with Crippen LogP contribution in [-0.4, -0.2) is 9.13 Å². The number of hydrogen-bond donors (Lipinski definition) is 0. The lowest BCUT2D eigenvalue weighted by atomic mass is 9.97. The van der Waals surface area contributed by atoms with E-state index in [4.69, 9.17) is 16.0 Å². The van der Waals surface area contributed by atoms with Gasteiger partial charge < -0.3 is 4.42 Å². The van der Waals surface area contributed by atoms with Crippen molar-refractivity contribution >= 4 is 33.2 Å². The van der Waals surface area contributed by atoms with Gasteiger partial charge in [0.05, 0.1) is 24.7 Å². The van der Waals surface area contributed by atoms with Crippen LogP contribution in [-0.2, 0) is 25.9 Å². The molecule has 3 aromatic heterocycles. The highest BCUT2D eigenvalue weighted by Gasteiger charge is 2.24. The Morgan fingerprint density at radius 3 is 2.70 bits per heavy atom. The predicted octanol–water partition coefficient (Wildman–Crippen LogP) is 4.59. The average Bonchev–Trinajstić information content (AvgIpc) is 3.37. The lowest BCUT2D eigenvalue weighted by molar-refractivity contribution is 0.479. The van der Waals surface area contributed by atoms with E-state index in [0.717, 1.165) is 31.2 Å². The van der Waals surface area contributed by atoms with Crippen molar-refractivity contribution in [2.75, 3.05) is 0 Å². The SMILES string of the molecule is O=c1c2c3c(sc2n(Cc2ccc(F)cc2Cl)c(=O)n1Cc1ccco1)CCCC3. The van der Waals surface area contributed by atoms with E-state index in [2.05, 4.69) is 0 Å². The van der Waals surface area contributed by atoms with Gasteiger partial charge in [-0.05, 0) is 61.1 Å². The summed E-state index contributed by atoms with van der Waals surface area (Å²) in [5.74, 6) is 0.0969. The monoisotopic (exact) mass is 444 g/mol. The lowest BCUT2D eigenvalue weighted by Crippen LogP contribution is -2.40. The zero-order chi connectivity index (χ0) is 20.8. The molecule has 0 unspecified atom stereocenters. The van der Waals surface area contributed by atoms with Gasteiger partial charge in [0.25, 0.3) is 5.56 Å². The molecule has 0 atom stereocenters. The molecule has 30 heavy (non-hydrogen) atoms. The topological polar surface area (TPSA) is 57.1 Å². The number of fused-ring (bicyclic) bond motifs is 3. The largest absolute Gasteiger partial charge is 0.467 e. The molecule has 0 amide bonds. The van der Waals surface area contributed by atoms with E-state index >= 15 is 0 Å². The first kappa shape index (κ1) is 19.3. The first-order valence-electron chi connectivity index (χ1n) is 9.77. The normalized spacial score (nSPS) is 13.7. The maximum Gasteiger partial charge on any atom is 0.332 e. The second-order valence-corrected chi connectivity index (χ2v) is 8.96. The minimum absolute atomic E-state index is 0.0579. The Hall–Kier alpha value is -2.64. The van der Waals surface area contributed by atoms with Crippen molar-refractivity contribution in [3.05, 3.63) is 90.0 Å². The molecule has 1 aliphatic carbocycles. The summed E-state index contributed by atoms with van der Waals surface area (Å²) in [7, 11) is 0. The van der Waals surface area contributed by atoms with Gasteiger partial charge in [-0.3, -0.25) is 13.9 Å². The Kier molecular flexibility index (Phi) is 4.87. The summed E-state index contributed by atoms with van der Waals surface area (Å²) < 4.78 is 21.7. The van der Waals surface area contributed by atoms with E-state index in [0.29, 0.717) is 21.5 Å². The quantitative estimate of drug-likeness (QED) is 0.462. The Balaban J connectivity index is 1.76. The van der Waals surface area contributed by atoms with Crippen LogP contribution in [0.2, 0.25) is 5.02 Å². The van der Waals surface area contributed by atoms with Crippen LogP contribution in [0.3, 0.4) is 0 Å². The number of nitrogens with zero attached hydrogens (tertiary/aromatic N) is 2. The third-order valence-electron chi connectivity index (χ3n) is 5.56. The summed E-state index contributed by atoms with van der Waals surface area (Å²) >= 11 is 7.74. The Labute approximate surface area is 179 Å². The fourth-order valence-electron chi connectivity index (χ4n) is 4.07. The zero-order valence-electron chi connectivity index (χ0n) is 16.0. The number of halogens is 2. The van der Waals surface area contributed by atoms with Gasteiger partial charge >= 0.3 is 5.69 Å². The fourth-order valence-corrected chi connectivity index (χ4v) is 5.67. The number of rotatable bonds is 4. The third kappa shape index (κ3) is 3.22. The highest BCUT2D eigenvalue weighted by molar-refractivity contribution is 7.18. The average molecular weight is 445 g/mol. The number of benzene rings is 1. The molecule has 0 N–H and O–H groups in total. The Morgan fingerprint density at radius 1 is 1.10 bits per heavy atom. The fraction of sp³-hybridized carbons (Fsp3) is 0.273. The molecule has 8 heteroatoms. The molecule has 0 spiro atoms. The smallest absolute Gasteiger partial charge is 0.332 e. The van der Waals surface area contributed by atoms with Gasteiger partial charge in [-0.15, -0.1) is 11.3 Å². The third-order valence-corrected chi connectivity index (χ3v) is 7.22. The van der Waals surface area contributed by atoms with Crippen LogP contribution in [0, 0.1) is 5.82 Å². The number of furan rings is 1. The number of thiophene rings is 1. The summed E-state index contributed by atoms with van der Waals surface area (Å²) in [5.41, 5.74) is 0.963. The lowest BCUT2D eigenvalue weighted by Gasteiger charge is -2.13. The van der Waals surface area contributed by atoms with Gasteiger partial charge in [0, 0.05) is 9.90 Å². The zero-order valence-corrected chi connectivity index (χ0v) is 17.6. The molecule has 1 aliphatic rings. The predicted molar refractivity (Wildman–Crippen MR) is 115 cm³/mol. The maximum absolute atomic E-state index is 13.5. The Bertz CT molecular complexity index is 1370. The number of hydrogen-bond acceptors (Lipinski definition) is 4. The van der Waals surface area contributed by atoms with E-state index < -0.39 is 11.5 Å². The van der Waals surface area contributed by atoms with Crippen LogP contribution < -0.4 is 11.2 Å². The molecule has 0 aliphatic heterocycles. The molecule has 1 aromatic carbocycles. The molecular weight excluding hydrogens is 427 g/mol. The summed E-state index contributed by atoms with van der Waals surface area (Å²) in [5, 5.41) is 0.860. The molecular formula is C22H18ClFN2O3S. The summed E-state index contributed by atoms with van der Waals surface area (Å²) in [6.07, 6.45) is 5.37. The van der Waals surface area contributed by atoms with E-state index in [-0.39, 0.29) is 23.7 Å². The van der Waals surface area contributed by atoms with Crippen LogP contribution in [0.5, 0.6) is 0 Å². The molecule has 3 heterocycles. The van der Waals surface area contributed by atoms with Crippen LogP contribution in [0.1, 0.15) is 34.6 Å². The molecule has 0 saturated heterocycles. The molecule has 5 rings (SSSR count). The van der Waals surface area contributed by atoms with E-state index in [9.17, 15) is 14.0 Å². The first-order valence-corrected chi connectivity index (χ1v) is 11.0. The second-order valence-electron chi connectivity index (χ2n) is 7.47. The highest BCUT2D eigenvalue weighted by atomic mass is 35.5. The Morgan fingerprint density at radius 2 is 1.93 bits per heavy atom. The van der Waals surface area contributed by atoms with Crippen molar-refractivity contribution in [3.8, 4) is 0 Å². The van der Waals surface area contributed by atoms with Crippen molar-refractivity contribution in [1.82, 2.24) is 9.13 Å². The maximum atomic E-state index is 13.5. The number of aromatic nitrogens is 2. The minimum atomic E-state index is -0.435. The van der Waals surface area contributed by atoms with E-state index in [1.54, 1.807) is 22.8 Å². The van der Waals surface area contributed by atoms with Crippen molar-refractivity contribution in [2.24, 2.45) is 0 Å². The molecule has 0 bridgehead atoms. The van der Waals surface area contributed by atoms with Gasteiger partial charge in [0.2, 0.25) is 0 Å². The highest BCUT2D eigenvalue weighted by Crippen LogP contribution is 2.34. The van der Waals surface area contributed by atoms with Crippen LogP contribution in [0.15, 0.2) is 50.6 Å². The van der Waals surface area contributed by atoms with E-state index in [1.807, 2.05) is 0 Å². The molecule has 0 radical (unpaired) electrons. The van der Waals surface area contributed by atoms with Crippen LogP contribution >= 0.6 is 22.9 Å². The van der Waals surface area contributed by atoms with Gasteiger partial charge in [-0.1, -0.05) is 17.7 Å². The van der Waals surface area contributed by atoms with Crippen molar-refractivity contribution in [1.29, 1.82) is 0 Å². The molecule has 4 aromatic rings. The van der Waals surface area contributed by atoms with Gasteiger partial charge in [0.15, 0.2) is 0 Å². The van der Waals surface area contributed by atoms with Gasteiger partial charge in [0.1, 0.15) is 16.4 Å². The number of aryl methyl sites for hydroxylation is 2. The molecule has 0 fully saturated rings. The summed E-state index contributed by atoms with van der Waals surface area (Å²) in [6.45, 7) is 0.217.